The molecular formula is C27H28O9. The molecule has 0 saturated heterocycles. The summed E-state index contributed by atoms with van der Waals surface area (Å²) in [4.78, 5) is 43.5. The summed E-state index contributed by atoms with van der Waals surface area (Å²) in [7, 11) is 3.67. The Kier molecular flexibility index (Phi) is 13.5. The van der Waals surface area contributed by atoms with Gasteiger partial charge in [0.15, 0.2) is 12.2 Å². The molecule has 0 unspecified atom stereocenters. The summed E-state index contributed by atoms with van der Waals surface area (Å²) in [6.07, 6.45) is -2.34. The number of ether oxygens (including phenoxy) is 3. The lowest BCUT2D eigenvalue weighted by atomic mass is 10.1. The third-order valence-electron chi connectivity index (χ3n) is 4.49. The van der Waals surface area contributed by atoms with E-state index in [2.05, 4.69) is 14.2 Å². The van der Waals surface area contributed by atoms with Crippen LogP contribution in [0.1, 0.15) is 33.7 Å². The van der Waals surface area contributed by atoms with Gasteiger partial charge in [-0.2, -0.15) is 0 Å². The Morgan fingerprint density at radius 3 is 1.19 bits per heavy atom. The Labute approximate surface area is 208 Å². The molecule has 0 bridgehead atoms. The minimum atomic E-state index is -1.17. The van der Waals surface area contributed by atoms with Gasteiger partial charge in [0.05, 0.1) is 21.3 Å². The van der Waals surface area contributed by atoms with Gasteiger partial charge >= 0.3 is 17.9 Å². The lowest BCUT2D eigenvalue weighted by molar-refractivity contribution is -0.151. The fourth-order valence-corrected chi connectivity index (χ4v) is 2.57. The van der Waals surface area contributed by atoms with Gasteiger partial charge in [-0.1, -0.05) is 91.0 Å². The van der Waals surface area contributed by atoms with Gasteiger partial charge in [-0.15, -0.1) is 0 Å². The van der Waals surface area contributed by atoms with E-state index in [0.717, 1.165) is 0 Å². The Morgan fingerprint density at radius 1 is 0.556 bits per heavy atom. The summed E-state index contributed by atoms with van der Waals surface area (Å²) in [5.41, 5.74) is 1.44. The lowest BCUT2D eigenvalue weighted by Crippen LogP contribution is -2.15. The van der Waals surface area contributed by atoms with Crippen molar-refractivity contribution in [1.29, 1.82) is 0 Å². The lowest BCUT2D eigenvalue weighted by Gasteiger charge is -2.07. The van der Waals surface area contributed by atoms with Gasteiger partial charge in [0.25, 0.3) is 5.78 Å². The smallest absolute Gasteiger partial charge is 0.379 e. The number of esters is 3. The molecular weight excluding hydrogens is 468 g/mol. The number of carbonyl (C=O) groups excluding carboxylic acids is 4. The predicted octanol–water partition coefficient (Wildman–Crippen LogP) is 2.83. The average Bonchev–Trinajstić information content (AvgIpc) is 2.96. The van der Waals surface area contributed by atoms with Crippen LogP contribution in [0.15, 0.2) is 91.0 Å². The minimum Gasteiger partial charge on any atom is -0.467 e. The molecule has 0 spiro atoms. The second kappa shape index (κ2) is 16.3. The molecule has 3 aromatic rings. The van der Waals surface area contributed by atoms with Crippen molar-refractivity contribution >= 4 is 23.7 Å². The zero-order chi connectivity index (χ0) is 26.9. The van der Waals surface area contributed by atoms with Crippen LogP contribution in [-0.4, -0.2) is 55.2 Å². The van der Waals surface area contributed by atoms with Crippen molar-refractivity contribution in [3.63, 3.8) is 0 Å². The number of methoxy groups -OCH3 is 3. The highest BCUT2D eigenvalue weighted by Gasteiger charge is 2.17. The first-order chi connectivity index (χ1) is 17.3. The highest BCUT2D eigenvalue weighted by molar-refractivity contribution is 6.40. The van der Waals surface area contributed by atoms with Gasteiger partial charge in [-0.25, -0.2) is 14.4 Å². The molecule has 9 nitrogen and oxygen atoms in total. The van der Waals surface area contributed by atoms with E-state index in [-0.39, 0.29) is 0 Å². The predicted molar refractivity (Wildman–Crippen MR) is 130 cm³/mol. The summed E-state index contributed by atoms with van der Waals surface area (Å²) >= 11 is 0. The second-order valence-corrected chi connectivity index (χ2v) is 6.86. The first kappa shape index (κ1) is 29.7. The van der Waals surface area contributed by atoms with E-state index >= 15 is 0 Å². The standard InChI is InChI=1S/2C9H10O3.C9H8O3/c3*1-12-9(11)8(10)7-5-3-2-4-6-7/h2*2-6,8,10H,1H3;2-6H,1H3/t2*8-;/m10./s1. The summed E-state index contributed by atoms with van der Waals surface area (Å²) in [6.45, 7) is 0. The topological polar surface area (TPSA) is 136 Å². The van der Waals surface area contributed by atoms with E-state index in [1.54, 1.807) is 78.9 Å². The van der Waals surface area contributed by atoms with Crippen LogP contribution in [0.5, 0.6) is 0 Å². The third-order valence-corrected chi connectivity index (χ3v) is 4.49. The molecule has 0 aliphatic carbocycles. The molecule has 0 aliphatic heterocycles. The Hall–Kier alpha value is -4.34. The van der Waals surface area contributed by atoms with Crippen LogP contribution in [0.4, 0.5) is 0 Å². The number of aliphatic hydroxyl groups is 2. The molecule has 3 aromatic carbocycles. The van der Waals surface area contributed by atoms with Gasteiger partial charge in [0.1, 0.15) is 0 Å². The maximum absolute atomic E-state index is 11.1. The van der Waals surface area contributed by atoms with Crippen molar-refractivity contribution in [3.05, 3.63) is 108 Å². The van der Waals surface area contributed by atoms with Crippen LogP contribution < -0.4 is 0 Å². The van der Waals surface area contributed by atoms with E-state index in [1.807, 2.05) is 12.1 Å². The molecule has 36 heavy (non-hydrogen) atoms. The molecule has 0 fully saturated rings. The van der Waals surface area contributed by atoms with Crippen LogP contribution in [0.2, 0.25) is 0 Å². The molecule has 2 atom stereocenters. The van der Waals surface area contributed by atoms with E-state index in [1.165, 1.54) is 21.3 Å². The van der Waals surface area contributed by atoms with Crippen molar-refractivity contribution in [3.8, 4) is 0 Å². The normalized spacial score (nSPS) is 11.1. The first-order valence-corrected chi connectivity index (χ1v) is 10.6. The van der Waals surface area contributed by atoms with Crippen molar-refractivity contribution < 1.29 is 43.6 Å². The maximum Gasteiger partial charge on any atom is 0.379 e. The Balaban J connectivity index is 0.000000270. The van der Waals surface area contributed by atoms with Crippen LogP contribution >= 0.6 is 0 Å². The van der Waals surface area contributed by atoms with E-state index in [0.29, 0.717) is 16.7 Å². The number of rotatable bonds is 6. The van der Waals surface area contributed by atoms with Gasteiger partial charge in [0, 0.05) is 5.56 Å². The van der Waals surface area contributed by atoms with Crippen LogP contribution in [0, 0.1) is 0 Å². The van der Waals surface area contributed by atoms with Crippen molar-refractivity contribution in [2.75, 3.05) is 21.3 Å². The SMILES string of the molecule is COC(=O)C(=O)c1ccccc1.COC(=O)[C@@H](O)c1ccccc1.COC(=O)[C@H](O)c1ccccc1. The second-order valence-electron chi connectivity index (χ2n) is 6.86. The molecule has 3 rings (SSSR count). The zero-order valence-electron chi connectivity index (χ0n) is 20.1. The quantitative estimate of drug-likeness (QED) is 0.228. The summed E-state index contributed by atoms with van der Waals surface area (Å²) in [5, 5.41) is 18.6. The molecule has 190 valence electrons. The van der Waals surface area contributed by atoms with Gasteiger partial charge in [-0.05, 0) is 11.1 Å². The summed E-state index contributed by atoms with van der Waals surface area (Å²) < 4.78 is 13.0. The zero-order valence-corrected chi connectivity index (χ0v) is 20.1. The fraction of sp³-hybridized carbons (Fsp3) is 0.185. The molecule has 0 amide bonds. The number of Topliss-reactive ketones (excluding diaryl/α,β-unsaturated/α-hetero) is 1. The van der Waals surface area contributed by atoms with Crippen LogP contribution in [0.3, 0.4) is 0 Å². The molecule has 0 aromatic heterocycles. The van der Waals surface area contributed by atoms with E-state index in [9.17, 15) is 29.4 Å². The molecule has 9 heteroatoms. The molecule has 0 aliphatic rings. The van der Waals surface area contributed by atoms with Crippen molar-refractivity contribution in [2.24, 2.45) is 0 Å². The Bertz CT molecular complexity index is 1030. The highest BCUT2D eigenvalue weighted by Crippen LogP contribution is 2.13. The number of carbonyl (C=O) groups is 4. The van der Waals surface area contributed by atoms with Gasteiger partial charge in [0.2, 0.25) is 0 Å². The van der Waals surface area contributed by atoms with E-state index in [4.69, 9.17) is 0 Å². The fourth-order valence-electron chi connectivity index (χ4n) is 2.57. The molecule has 0 radical (unpaired) electrons. The van der Waals surface area contributed by atoms with Gasteiger partial charge in [-0.3, -0.25) is 4.79 Å². The van der Waals surface area contributed by atoms with Crippen molar-refractivity contribution in [2.45, 2.75) is 12.2 Å². The summed E-state index contributed by atoms with van der Waals surface area (Å²) in [5.74, 6) is -2.72. The van der Waals surface area contributed by atoms with Crippen molar-refractivity contribution in [1.82, 2.24) is 0 Å². The minimum absolute atomic E-state index is 0.351. The molecule has 0 saturated carbocycles. The highest BCUT2D eigenvalue weighted by atomic mass is 16.5. The molecule has 0 heterocycles. The number of ketones is 1. The molecule has 2 N–H and O–H groups in total. The largest absolute Gasteiger partial charge is 0.467 e. The van der Waals surface area contributed by atoms with E-state index < -0.39 is 35.9 Å². The number of hydrogen-bond donors (Lipinski definition) is 2. The number of aliphatic hydroxyl groups excluding tert-OH is 2. The summed E-state index contributed by atoms with van der Waals surface area (Å²) in [6, 6.07) is 25.6. The number of benzene rings is 3. The first-order valence-electron chi connectivity index (χ1n) is 10.6. The maximum atomic E-state index is 11.1. The monoisotopic (exact) mass is 496 g/mol. The Morgan fingerprint density at radius 2 is 0.889 bits per heavy atom. The van der Waals surface area contributed by atoms with Gasteiger partial charge < -0.3 is 24.4 Å². The van der Waals surface area contributed by atoms with Crippen LogP contribution in [0.25, 0.3) is 0 Å². The third kappa shape index (κ3) is 9.88. The average molecular weight is 497 g/mol. The van der Waals surface area contributed by atoms with Crippen LogP contribution in [-0.2, 0) is 28.6 Å². The number of hydrogen-bond acceptors (Lipinski definition) is 9.